The van der Waals surface area contributed by atoms with Crippen LogP contribution in [0.15, 0.2) is 58.4 Å². The van der Waals surface area contributed by atoms with Crippen LogP contribution < -0.4 is 15.7 Å². The standard InChI is InChI=1S/C21H20N4O3/c1-2-12-25-21(27)15-8-4-3-7-14(15)19(24-25)20(26)23-22-17-11-13-28-18-10-6-5-9-16(17)18/h3-10H,2,11-13H2,1H3,(H,23,26)/b22-17-. The van der Waals surface area contributed by atoms with Gasteiger partial charge >= 0.3 is 0 Å². The van der Waals surface area contributed by atoms with E-state index in [-0.39, 0.29) is 11.3 Å². The number of aryl methyl sites for hydroxylation is 1. The molecule has 0 saturated carbocycles. The van der Waals surface area contributed by atoms with Gasteiger partial charge in [0.1, 0.15) is 5.75 Å². The minimum atomic E-state index is -0.447. The van der Waals surface area contributed by atoms with E-state index in [4.69, 9.17) is 4.74 Å². The minimum absolute atomic E-state index is 0.188. The summed E-state index contributed by atoms with van der Waals surface area (Å²) in [6.45, 7) is 2.91. The molecule has 1 N–H and O–H groups in total. The fourth-order valence-corrected chi connectivity index (χ4v) is 3.28. The van der Waals surface area contributed by atoms with Crippen molar-refractivity contribution in [1.29, 1.82) is 0 Å². The molecule has 2 aromatic carbocycles. The van der Waals surface area contributed by atoms with Gasteiger partial charge in [-0.25, -0.2) is 10.1 Å². The molecule has 1 aromatic heterocycles. The number of para-hydroxylation sites is 1. The lowest BCUT2D eigenvalue weighted by atomic mass is 10.0. The summed E-state index contributed by atoms with van der Waals surface area (Å²) in [7, 11) is 0. The van der Waals surface area contributed by atoms with Crippen LogP contribution in [-0.2, 0) is 6.54 Å². The lowest BCUT2D eigenvalue weighted by molar-refractivity contribution is 0.0949. The number of hydrogen-bond donors (Lipinski definition) is 1. The summed E-state index contributed by atoms with van der Waals surface area (Å²) >= 11 is 0. The molecule has 4 rings (SSSR count). The van der Waals surface area contributed by atoms with Crippen molar-refractivity contribution in [3.63, 3.8) is 0 Å². The topological polar surface area (TPSA) is 85.6 Å². The molecule has 7 nitrogen and oxygen atoms in total. The number of carbonyl (C=O) groups excluding carboxylic acids is 1. The molecule has 0 aliphatic carbocycles. The number of nitrogens with zero attached hydrogens (tertiary/aromatic N) is 3. The second kappa shape index (κ2) is 7.64. The molecular formula is C21H20N4O3. The van der Waals surface area contributed by atoms with E-state index in [2.05, 4.69) is 15.6 Å². The van der Waals surface area contributed by atoms with Gasteiger partial charge in [-0.3, -0.25) is 9.59 Å². The Morgan fingerprint density at radius 3 is 2.75 bits per heavy atom. The Kier molecular flexibility index (Phi) is 4.89. The number of hydrazone groups is 1. The molecule has 1 aliphatic rings. The maximum absolute atomic E-state index is 12.9. The van der Waals surface area contributed by atoms with Gasteiger partial charge in [0.15, 0.2) is 5.69 Å². The molecule has 0 fully saturated rings. The predicted octanol–water partition coefficient (Wildman–Crippen LogP) is 2.72. The van der Waals surface area contributed by atoms with Crippen LogP contribution in [0.5, 0.6) is 5.75 Å². The second-order valence-electron chi connectivity index (χ2n) is 6.52. The van der Waals surface area contributed by atoms with Crippen molar-refractivity contribution < 1.29 is 9.53 Å². The van der Waals surface area contributed by atoms with Gasteiger partial charge in [-0.15, -0.1) is 0 Å². The Labute approximate surface area is 161 Å². The highest BCUT2D eigenvalue weighted by molar-refractivity contribution is 6.07. The first-order valence-electron chi connectivity index (χ1n) is 9.28. The number of rotatable bonds is 4. The minimum Gasteiger partial charge on any atom is -0.492 e. The lowest BCUT2D eigenvalue weighted by Gasteiger charge is -2.18. The second-order valence-corrected chi connectivity index (χ2v) is 6.52. The molecule has 3 aromatic rings. The summed E-state index contributed by atoms with van der Waals surface area (Å²) in [6, 6.07) is 14.6. The Morgan fingerprint density at radius 2 is 1.93 bits per heavy atom. The Morgan fingerprint density at radius 1 is 1.18 bits per heavy atom. The Bertz CT molecular complexity index is 1130. The number of benzene rings is 2. The van der Waals surface area contributed by atoms with Crippen molar-refractivity contribution in [3.05, 3.63) is 70.1 Å². The van der Waals surface area contributed by atoms with Crippen molar-refractivity contribution in [1.82, 2.24) is 15.2 Å². The number of amides is 1. The van der Waals surface area contributed by atoms with Crippen LogP contribution in [0.2, 0.25) is 0 Å². The Balaban J connectivity index is 1.71. The van der Waals surface area contributed by atoms with E-state index in [0.717, 1.165) is 23.4 Å². The average molecular weight is 376 g/mol. The summed E-state index contributed by atoms with van der Waals surface area (Å²) in [4.78, 5) is 25.4. The maximum Gasteiger partial charge on any atom is 0.292 e. The van der Waals surface area contributed by atoms with E-state index in [9.17, 15) is 9.59 Å². The van der Waals surface area contributed by atoms with Crippen LogP contribution in [0.3, 0.4) is 0 Å². The van der Waals surface area contributed by atoms with Crippen molar-refractivity contribution in [2.45, 2.75) is 26.3 Å². The fraction of sp³-hybridized carbons (Fsp3) is 0.238. The molecule has 142 valence electrons. The molecule has 28 heavy (non-hydrogen) atoms. The van der Waals surface area contributed by atoms with E-state index >= 15 is 0 Å². The third-order valence-electron chi connectivity index (χ3n) is 4.61. The summed E-state index contributed by atoms with van der Waals surface area (Å²) in [5, 5.41) is 9.60. The molecule has 1 amide bonds. The van der Waals surface area contributed by atoms with E-state index in [1.54, 1.807) is 24.3 Å². The monoisotopic (exact) mass is 376 g/mol. The van der Waals surface area contributed by atoms with E-state index < -0.39 is 5.91 Å². The third kappa shape index (κ3) is 3.26. The molecule has 2 heterocycles. The Hall–Kier alpha value is -3.48. The zero-order chi connectivity index (χ0) is 19.5. The number of carbonyl (C=O) groups is 1. The van der Waals surface area contributed by atoms with E-state index in [0.29, 0.717) is 30.3 Å². The van der Waals surface area contributed by atoms with Crippen LogP contribution in [0, 0.1) is 0 Å². The number of ether oxygens (including phenoxy) is 1. The normalized spacial score (nSPS) is 14.5. The molecular weight excluding hydrogens is 356 g/mol. The quantitative estimate of drug-likeness (QED) is 0.710. The first-order chi connectivity index (χ1) is 13.7. The third-order valence-corrected chi connectivity index (χ3v) is 4.61. The lowest BCUT2D eigenvalue weighted by Crippen LogP contribution is -2.30. The molecule has 0 saturated heterocycles. The number of fused-ring (bicyclic) bond motifs is 2. The van der Waals surface area contributed by atoms with Gasteiger partial charge in [-0.1, -0.05) is 37.3 Å². The zero-order valence-electron chi connectivity index (χ0n) is 15.5. The number of aromatic nitrogens is 2. The van der Waals surface area contributed by atoms with E-state index in [1.165, 1.54) is 4.68 Å². The van der Waals surface area contributed by atoms with Gasteiger partial charge < -0.3 is 4.74 Å². The van der Waals surface area contributed by atoms with Crippen LogP contribution in [-0.4, -0.2) is 28.0 Å². The number of nitrogens with one attached hydrogen (secondary N) is 1. The molecule has 0 radical (unpaired) electrons. The molecule has 0 unspecified atom stereocenters. The summed E-state index contributed by atoms with van der Waals surface area (Å²) < 4.78 is 6.96. The summed E-state index contributed by atoms with van der Waals surface area (Å²) in [5.74, 6) is 0.305. The van der Waals surface area contributed by atoms with Gasteiger partial charge in [-0.2, -0.15) is 10.2 Å². The van der Waals surface area contributed by atoms with E-state index in [1.807, 2.05) is 31.2 Å². The maximum atomic E-state index is 12.9. The van der Waals surface area contributed by atoms with Gasteiger partial charge in [0, 0.05) is 23.9 Å². The molecule has 7 heteroatoms. The van der Waals surface area contributed by atoms with Gasteiger partial charge in [0.05, 0.1) is 17.7 Å². The fourth-order valence-electron chi connectivity index (χ4n) is 3.28. The van der Waals surface area contributed by atoms with Crippen LogP contribution >= 0.6 is 0 Å². The molecule has 0 bridgehead atoms. The van der Waals surface area contributed by atoms with Crippen molar-refractivity contribution >= 4 is 22.4 Å². The highest BCUT2D eigenvalue weighted by atomic mass is 16.5. The average Bonchev–Trinajstić information content (AvgIpc) is 2.74. The largest absolute Gasteiger partial charge is 0.492 e. The zero-order valence-corrected chi connectivity index (χ0v) is 15.5. The summed E-state index contributed by atoms with van der Waals surface area (Å²) in [5.41, 5.74) is 4.21. The first-order valence-corrected chi connectivity index (χ1v) is 9.28. The highest BCUT2D eigenvalue weighted by Gasteiger charge is 2.19. The van der Waals surface area contributed by atoms with Crippen molar-refractivity contribution in [2.75, 3.05) is 6.61 Å². The van der Waals surface area contributed by atoms with Gasteiger partial charge in [-0.05, 0) is 24.6 Å². The SMILES string of the molecule is CCCn1nc(C(=O)N/N=C2/CCOc3ccccc32)c2ccccc2c1=O. The summed E-state index contributed by atoms with van der Waals surface area (Å²) in [6.07, 6.45) is 1.34. The first kappa shape index (κ1) is 17.9. The highest BCUT2D eigenvalue weighted by Crippen LogP contribution is 2.24. The van der Waals surface area contributed by atoms with Gasteiger partial charge in [0.2, 0.25) is 0 Å². The molecule has 0 spiro atoms. The van der Waals surface area contributed by atoms with Crippen LogP contribution in [0.25, 0.3) is 10.8 Å². The van der Waals surface area contributed by atoms with Crippen molar-refractivity contribution in [3.8, 4) is 5.75 Å². The van der Waals surface area contributed by atoms with Crippen molar-refractivity contribution in [2.24, 2.45) is 5.10 Å². The predicted molar refractivity (Wildman–Crippen MR) is 107 cm³/mol. The van der Waals surface area contributed by atoms with Crippen LogP contribution in [0.1, 0.15) is 35.8 Å². The smallest absolute Gasteiger partial charge is 0.292 e. The number of hydrogen-bond acceptors (Lipinski definition) is 5. The van der Waals surface area contributed by atoms with Crippen LogP contribution in [0.4, 0.5) is 0 Å². The molecule has 1 aliphatic heterocycles. The van der Waals surface area contributed by atoms with Gasteiger partial charge in [0.25, 0.3) is 11.5 Å². The molecule has 0 atom stereocenters.